The number of nitrogens with one attached hydrogen (secondary N) is 1. The van der Waals surface area contributed by atoms with Crippen LogP contribution in [0.15, 0.2) is 68.6 Å². The molecule has 0 spiro atoms. The van der Waals surface area contributed by atoms with E-state index in [2.05, 4.69) is 26.5 Å². The first kappa shape index (κ1) is 20.6. The van der Waals surface area contributed by atoms with Gasteiger partial charge in [0.1, 0.15) is 17.3 Å². The van der Waals surface area contributed by atoms with Crippen LogP contribution in [0.5, 0.6) is 5.75 Å². The van der Waals surface area contributed by atoms with Gasteiger partial charge in [-0.25, -0.2) is 5.43 Å². The molecule has 0 atom stereocenters. The molecular weight excluding hydrogens is 466 g/mol. The van der Waals surface area contributed by atoms with Crippen molar-refractivity contribution in [3.8, 4) is 17.1 Å². The van der Waals surface area contributed by atoms with E-state index in [1.165, 1.54) is 18.3 Å². The summed E-state index contributed by atoms with van der Waals surface area (Å²) in [7, 11) is 0. The van der Waals surface area contributed by atoms with Gasteiger partial charge in [-0.15, -0.1) is 0 Å². The lowest BCUT2D eigenvalue weighted by molar-refractivity contribution is -0.384. The standard InChI is InChI=1S/C19H13BrClN3O5/c20-17-9-13(24(26)27)3-7-16(17)18-8-6-15(29-18)10-22-23-19(25)11-28-14-4-1-12(21)2-5-14/h1-10H,11H2,(H,23,25)/b22-10-. The van der Waals surface area contributed by atoms with Crippen LogP contribution in [0.2, 0.25) is 5.02 Å². The van der Waals surface area contributed by atoms with Crippen LogP contribution in [0.4, 0.5) is 5.69 Å². The van der Waals surface area contributed by atoms with Gasteiger partial charge in [0.15, 0.2) is 6.61 Å². The number of ether oxygens (including phenoxy) is 1. The highest BCUT2D eigenvalue weighted by atomic mass is 79.9. The van der Waals surface area contributed by atoms with Crippen LogP contribution < -0.4 is 10.2 Å². The van der Waals surface area contributed by atoms with Crippen molar-refractivity contribution in [2.24, 2.45) is 5.10 Å². The van der Waals surface area contributed by atoms with Crippen molar-refractivity contribution < 1.29 is 18.9 Å². The lowest BCUT2D eigenvalue weighted by atomic mass is 10.1. The number of halogens is 2. The number of nitrogens with zero attached hydrogens (tertiary/aromatic N) is 2. The van der Waals surface area contributed by atoms with Crippen LogP contribution in [0.25, 0.3) is 11.3 Å². The largest absolute Gasteiger partial charge is 0.484 e. The van der Waals surface area contributed by atoms with Gasteiger partial charge in [0.25, 0.3) is 11.6 Å². The number of amides is 1. The first-order valence-corrected chi connectivity index (χ1v) is 9.34. The SMILES string of the molecule is O=C(COc1ccc(Cl)cc1)N/N=C\c1ccc(-c2ccc([N+](=O)[O-])cc2Br)o1. The molecule has 3 rings (SSSR count). The Kier molecular flexibility index (Phi) is 6.63. The fourth-order valence-corrected chi connectivity index (χ4v) is 2.95. The van der Waals surface area contributed by atoms with Gasteiger partial charge in [-0.05, 0) is 58.4 Å². The first-order valence-electron chi connectivity index (χ1n) is 8.17. The lowest BCUT2D eigenvalue weighted by Gasteiger charge is -2.04. The second kappa shape index (κ2) is 9.35. The minimum absolute atomic E-state index is 0.0301. The predicted molar refractivity (Wildman–Crippen MR) is 111 cm³/mol. The quantitative estimate of drug-likeness (QED) is 0.298. The average molecular weight is 479 g/mol. The summed E-state index contributed by atoms with van der Waals surface area (Å²) in [4.78, 5) is 22.1. The molecule has 3 aromatic rings. The summed E-state index contributed by atoms with van der Waals surface area (Å²) in [6.07, 6.45) is 1.34. The number of rotatable bonds is 7. The predicted octanol–water partition coefficient (Wildman–Crippen LogP) is 4.80. The van der Waals surface area contributed by atoms with E-state index in [9.17, 15) is 14.9 Å². The van der Waals surface area contributed by atoms with Crippen LogP contribution in [-0.2, 0) is 4.79 Å². The van der Waals surface area contributed by atoms with Gasteiger partial charge in [0, 0.05) is 27.2 Å². The molecule has 1 aromatic heterocycles. The number of nitro groups is 1. The molecule has 0 radical (unpaired) electrons. The molecule has 0 aliphatic carbocycles. The molecule has 1 amide bonds. The number of hydrazone groups is 1. The van der Waals surface area contributed by atoms with Crippen LogP contribution in [0.1, 0.15) is 5.76 Å². The molecule has 0 fully saturated rings. The molecule has 2 aromatic carbocycles. The second-order valence-electron chi connectivity index (χ2n) is 5.66. The summed E-state index contributed by atoms with van der Waals surface area (Å²) in [5.41, 5.74) is 2.95. The summed E-state index contributed by atoms with van der Waals surface area (Å²) < 4.78 is 11.5. The summed E-state index contributed by atoms with van der Waals surface area (Å²) >= 11 is 9.07. The Balaban J connectivity index is 1.55. The fourth-order valence-electron chi connectivity index (χ4n) is 2.26. The number of hydrogen-bond donors (Lipinski definition) is 1. The van der Waals surface area contributed by atoms with Crippen molar-refractivity contribution in [2.75, 3.05) is 6.61 Å². The first-order chi connectivity index (χ1) is 13.9. The summed E-state index contributed by atoms with van der Waals surface area (Å²) in [6.45, 7) is -0.210. The molecular formula is C19H13BrClN3O5. The molecule has 0 bridgehead atoms. The molecule has 0 aliphatic rings. The van der Waals surface area contributed by atoms with Crippen LogP contribution >= 0.6 is 27.5 Å². The zero-order valence-electron chi connectivity index (χ0n) is 14.7. The van der Waals surface area contributed by atoms with E-state index >= 15 is 0 Å². The third kappa shape index (κ3) is 5.66. The molecule has 1 N–H and O–H groups in total. The van der Waals surface area contributed by atoms with Crippen molar-refractivity contribution in [3.05, 3.63) is 80.0 Å². The molecule has 29 heavy (non-hydrogen) atoms. The maximum Gasteiger partial charge on any atom is 0.277 e. The molecule has 0 saturated heterocycles. The number of non-ortho nitro benzene ring substituents is 1. The van der Waals surface area contributed by atoms with Crippen molar-refractivity contribution in [1.82, 2.24) is 5.43 Å². The summed E-state index contributed by atoms with van der Waals surface area (Å²) in [5, 5.41) is 15.2. The van der Waals surface area contributed by atoms with E-state index in [0.29, 0.717) is 32.3 Å². The van der Waals surface area contributed by atoms with Crippen molar-refractivity contribution >= 4 is 45.3 Å². The van der Waals surface area contributed by atoms with Crippen LogP contribution in [-0.4, -0.2) is 23.7 Å². The van der Waals surface area contributed by atoms with Crippen LogP contribution in [0.3, 0.4) is 0 Å². The van der Waals surface area contributed by atoms with E-state index in [-0.39, 0.29) is 12.3 Å². The highest BCUT2D eigenvalue weighted by molar-refractivity contribution is 9.10. The summed E-state index contributed by atoms with van der Waals surface area (Å²) in [5.74, 6) is 0.953. The van der Waals surface area contributed by atoms with Gasteiger partial charge in [-0.2, -0.15) is 5.10 Å². The Morgan fingerprint density at radius 1 is 1.24 bits per heavy atom. The van der Waals surface area contributed by atoms with E-state index in [1.54, 1.807) is 42.5 Å². The maximum atomic E-state index is 11.8. The van der Waals surface area contributed by atoms with Crippen molar-refractivity contribution in [3.63, 3.8) is 0 Å². The van der Waals surface area contributed by atoms with Crippen molar-refractivity contribution in [2.45, 2.75) is 0 Å². The Labute approximate surface area is 178 Å². The van der Waals surface area contributed by atoms with Gasteiger partial charge in [-0.1, -0.05) is 11.6 Å². The Bertz CT molecular complexity index is 1070. The molecule has 10 heteroatoms. The minimum Gasteiger partial charge on any atom is -0.484 e. The molecule has 0 saturated carbocycles. The van der Waals surface area contributed by atoms with Gasteiger partial charge in [0.05, 0.1) is 11.1 Å². The third-order valence-corrected chi connectivity index (χ3v) is 4.53. The number of benzene rings is 2. The molecule has 8 nitrogen and oxygen atoms in total. The second-order valence-corrected chi connectivity index (χ2v) is 6.95. The highest BCUT2D eigenvalue weighted by Crippen LogP contribution is 2.32. The number of carbonyl (C=O) groups is 1. The monoisotopic (exact) mass is 477 g/mol. The van der Waals surface area contributed by atoms with Crippen LogP contribution in [0, 0.1) is 10.1 Å². The lowest BCUT2D eigenvalue weighted by Crippen LogP contribution is -2.24. The van der Waals surface area contributed by atoms with E-state index < -0.39 is 10.8 Å². The van der Waals surface area contributed by atoms with Gasteiger partial charge in [0.2, 0.25) is 0 Å². The Hall–Kier alpha value is -3.17. The van der Waals surface area contributed by atoms with Crippen molar-refractivity contribution in [1.29, 1.82) is 0 Å². The normalized spacial score (nSPS) is 10.8. The number of furan rings is 1. The smallest absolute Gasteiger partial charge is 0.277 e. The van der Waals surface area contributed by atoms with E-state index in [1.807, 2.05) is 0 Å². The minimum atomic E-state index is -0.478. The van der Waals surface area contributed by atoms with Gasteiger partial charge < -0.3 is 9.15 Å². The number of hydrogen-bond acceptors (Lipinski definition) is 6. The van der Waals surface area contributed by atoms with E-state index in [0.717, 1.165) is 0 Å². The molecule has 0 unspecified atom stereocenters. The topological polar surface area (TPSA) is 107 Å². The van der Waals surface area contributed by atoms with Gasteiger partial charge >= 0.3 is 0 Å². The third-order valence-electron chi connectivity index (χ3n) is 3.62. The Morgan fingerprint density at radius 3 is 2.69 bits per heavy atom. The highest BCUT2D eigenvalue weighted by Gasteiger charge is 2.13. The molecule has 1 heterocycles. The summed E-state index contributed by atoms with van der Waals surface area (Å²) in [6, 6.07) is 14.3. The van der Waals surface area contributed by atoms with E-state index in [4.69, 9.17) is 20.8 Å². The zero-order chi connectivity index (χ0) is 20.8. The number of nitro benzene ring substituents is 1. The maximum absolute atomic E-state index is 11.8. The zero-order valence-corrected chi connectivity index (χ0v) is 17.0. The number of carbonyl (C=O) groups excluding carboxylic acids is 1. The fraction of sp³-hybridized carbons (Fsp3) is 0.0526. The van der Waals surface area contributed by atoms with Gasteiger partial charge in [-0.3, -0.25) is 14.9 Å². The molecule has 0 aliphatic heterocycles. The molecule has 148 valence electrons. The average Bonchev–Trinajstić information content (AvgIpc) is 3.16. The Morgan fingerprint density at radius 2 is 2.00 bits per heavy atom.